The molecule has 1 aliphatic rings. The van der Waals surface area contributed by atoms with Gasteiger partial charge in [0.2, 0.25) is 5.60 Å². The second-order valence-electron chi connectivity index (χ2n) is 15.1. The summed E-state index contributed by atoms with van der Waals surface area (Å²) in [5.41, 5.74) is 4.89. The van der Waals surface area contributed by atoms with Crippen LogP contribution in [0.4, 0.5) is 10.2 Å². The normalized spacial score (nSPS) is 21.0. The van der Waals surface area contributed by atoms with Crippen LogP contribution in [-0.2, 0) is 29.7 Å². The van der Waals surface area contributed by atoms with E-state index in [1.54, 1.807) is 18.2 Å². The number of halogens is 1. The van der Waals surface area contributed by atoms with E-state index in [-0.39, 0.29) is 30.3 Å². The van der Waals surface area contributed by atoms with E-state index in [0.717, 1.165) is 31.7 Å². The van der Waals surface area contributed by atoms with E-state index < -0.39 is 50.3 Å². The van der Waals surface area contributed by atoms with Gasteiger partial charge in [-0.25, -0.2) is 18.5 Å². The summed E-state index contributed by atoms with van der Waals surface area (Å²) in [7, 11) is -4.87. The highest BCUT2D eigenvalue weighted by Gasteiger charge is 2.57. The number of rotatable bonds is 28. The molecule has 6 atom stereocenters. The topological polar surface area (TPSA) is 218 Å². The molecule has 1 unspecified atom stereocenters. The minimum atomic E-state index is -4.87. The van der Waals surface area contributed by atoms with Crippen LogP contribution in [0.5, 0.6) is 0 Å². The van der Waals surface area contributed by atoms with Gasteiger partial charge in [-0.3, -0.25) is 9.05 Å². The lowest BCUT2D eigenvalue weighted by atomic mass is 9.96. The van der Waals surface area contributed by atoms with Gasteiger partial charge in [0.15, 0.2) is 5.82 Å². The quantitative estimate of drug-likeness (QED) is 0.0402. The number of nitriles is 2. The summed E-state index contributed by atoms with van der Waals surface area (Å²) >= 11 is 0. The first-order valence-corrected chi connectivity index (χ1v) is 22.0. The van der Waals surface area contributed by atoms with Crippen molar-refractivity contribution in [1.29, 1.82) is 10.5 Å². The molecule has 314 valence electrons. The van der Waals surface area contributed by atoms with E-state index in [1.807, 2.05) is 6.07 Å². The molecule has 14 nitrogen and oxygen atoms in total. The fourth-order valence-electron chi connectivity index (χ4n) is 7.19. The number of phosphoric acid groups is 1. The van der Waals surface area contributed by atoms with Crippen LogP contribution in [0.2, 0.25) is 0 Å². The number of ether oxygens (including phenoxy) is 2. The highest BCUT2D eigenvalue weighted by molar-refractivity contribution is 7.47. The van der Waals surface area contributed by atoms with Gasteiger partial charge >= 0.3 is 7.82 Å². The van der Waals surface area contributed by atoms with Crippen LogP contribution < -0.4 is 5.73 Å². The number of phosphoric ester groups is 1. The first kappa shape index (κ1) is 46.2. The van der Waals surface area contributed by atoms with Crippen molar-refractivity contribution in [3.8, 4) is 12.1 Å². The molecule has 0 radical (unpaired) electrons. The molecule has 1 fully saturated rings. The fraction of sp³-hybridized carbons (Fsp3) is 0.659. The molecule has 0 saturated carbocycles. The molecule has 57 heavy (non-hydrogen) atoms. The summed E-state index contributed by atoms with van der Waals surface area (Å²) in [6.45, 7) is 0.882. The molecule has 0 bridgehead atoms. The third kappa shape index (κ3) is 14.4. The Balaban J connectivity index is 1.23. The first-order valence-electron chi connectivity index (χ1n) is 20.5. The maximum atomic E-state index is 14.1. The van der Waals surface area contributed by atoms with Crippen LogP contribution in [0.25, 0.3) is 5.52 Å². The smallest absolute Gasteiger partial charge is 0.387 e. The van der Waals surface area contributed by atoms with Gasteiger partial charge in [0.1, 0.15) is 48.6 Å². The van der Waals surface area contributed by atoms with Crippen molar-refractivity contribution >= 4 is 19.2 Å². The van der Waals surface area contributed by atoms with Gasteiger partial charge in [-0.1, -0.05) is 116 Å². The molecule has 1 saturated heterocycles. The van der Waals surface area contributed by atoms with Crippen LogP contribution in [0.1, 0.15) is 145 Å². The number of aliphatic hydroxyl groups is 2. The van der Waals surface area contributed by atoms with E-state index in [9.17, 15) is 34.6 Å². The van der Waals surface area contributed by atoms with E-state index in [2.05, 4.69) is 17.0 Å². The molecule has 4 rings (SSSR count). The monoisotopic (exact) mass is 814 g/mol. The van der Waals surface area contributed by atoms with E-state index in [1.165, 1.54) is 106 Å². The number of fused-ring (bicyclic) bond motifs is 1. The molecule has 0 aliphatic carbocycles. The average Bonchev–Trinajstić information content (AvgIpc) is 3.74. The minimum Gasteiger partial charge on any atom is -0.387 e. The standard InChI is InChI=1S/C41H60FN6O8P/c1-2-3-4-5-6-7-8-9-10-11-12-13-14-15-16-17-18-19-34(53-26-32-22-31(25-43)23-33(42)24-32)27-54-57(51,52)55-29-41(28-44)39(50)37(49)38(56-41)35-20-21-36-40(45)46-30-47-48(35)36/h20-24,30,34,37-39,49-50H,2-19,26-27,29H2,1H3,(H,51,52)(H2,45,46,47)/t34-,37+,38+,39+,41-/m1/s1. The Morgan fingerprint density at radius 3 is 2.16 bits per heavy atom. The number of nitrogen functional groups attached to an aromatic ring is 1. The maximum Gasteiger partial charge on any atom is 0.472 e. The molecule has 1 aromatic carbocycles. The molecule has 3 aromatic rings. The number of anilines is 1. The maximum absolute atomic E-state index is 14.1. The highest BCUT2D eigenvalue weighted by Crippen LogP contribution is 2.48. The number of nitrogens with two attached hydrogens (primary N) is 1. The molecule has 16 heteroatoms. The number of aliphatic hydroxyl groups excluding tert-OH is 2. The second kappa shape index (κ2) is 23.8. The van der Waals surface area contributed by atoms with Gasteiger partial charge in [-0.05, 0) is 42.3 Å². The predicted molar refractivity (Wildman–Crippen MR) is 212 cm³/mol. The number of nitrogens with zero attached hydrogens (tertiary/aromatic N) is 5. The van der Waals surface area contributed by atoms with Crippen molar-refractivity contribution in [2.75, 3.05) is 18.9 Å². The molecule has 3 heterocycles. The van der Waals surface area contributed by atoms with Crippen molar-refractivity contribution < 1.29 is 42.6 Å². The Labute approximate surface area is 335 Å². The van der Waals surface area contributed by atoms with Gasteiger partial charge in [0.25, 0.3) is 0 Å². The average molecular weight is 815 g/mol. The molecular formula is C41H60FN6O8P. The van der Waals surface area contributed by atoms with Crippen LogP contribution in [0.3, 0.4) is 0 Å². The summed E-state index contributed by atoms with van der Waals surface area (Å²) in [5, 5.41) is 45.2. The molecule has 0 spiro atoms. The third-order valence-electron chi connectivity index (χ3n) is 10.5. The van der Waals surface area contributed by atoms with Crippen LogP contribution >= 0.6 is 7.82 Å². The van der Waals surface area contributed by atoms with Crippen molar-refractivity contribution in [3.63, 3.8) is 0 Å². The van der Waals surface area contributed by atoms with E-state index in [4.69, 9.17) is 24.3 Å². The van der Waals surface area contributed by atoms with E-state index >= 15 is 0 Å². The van der Waals surface area contributed by atoms with Crippen LogP contribution in [0.15, 0.2) is 36.7 Å². The number of benzene rings is 1. The van der Waals surface area contributed by atoms with Crippen LogP contribution in [0, 0.1) is 28.5 Å². The molecular weight excluding hydrogens is 754 g/mol. The van der Waals surface area contributed by atoms with Gasteiger partial charge in [-0.2, -0.15) is 15.6 Å². The zero-order valence-electron chi connectivity index (χ0n) is 33.1. The SMILES string of the molecule is CCCCCCCCCCCCCCCCCCC[C@H](COP(=O)(O)OC[C@@]1(C#N)O[C@@H](c2ccc3c(N)ncnn23)[C@H](O)[C@@H]1O)OCc1cc(F)cc(C#N)c1. The Kier molecular flexibility index (Phi) is 19.3. The largest absolute Gasteiger partial charge is 0.472 e. The summed E-state index contributed by atoms with van der Waals surface area (Å²) in [6, 6.07) is 10.7. The third-order valence-corrected chi connectivity index (χ3v) is 11.4. The van der Waals surface area contributed by atoms with Gasteiger partial charge in [-0.15, -0.1) is 0 Å². The zero-order chi connectivity index (χ0) is 41.1. The Morgan fingerprint density at radius 2 is 1.56 bits per heavy atom. The lowest BCUT2D eigenvalue weighted by Gasteiger charge is -2.26. The first-order chi connectivity index (χ1) is 27.5. The van der Waals surface area contributed by atoms with Crippen molar-refractivity contribution in [3.05, 3.63) is 59.3 Å². The zero-order valence-corrected chi connectivity index (χ0v) is 34.0. The number of hydrogen-bond donors (Lipinski definition) is 4. The number of unbranched alkanes of at least 4 members (excludes halogenated alkanes) is 16. The number of aromatic nitrogens is 3. The lowest BCUT2D eigenvalue weighted by molar-refractivity contribution is -0.0763. The Hall–Kier alpha value is -3.50. The molecule has 1 aliphatic heterocycles. The lowest BCUT2D eigenvalue weighted by Crippen LogP contribution is -2.45. The summed E-state index contributed by atoms with van der Waals surface area (Å²) in [5.74, 6) is -0.424. The molecule has 2 aromatic heterocycles. The fourth-order valence-corrected chi connectivity index (χ4v) is 7.98. The minimum absolute atomic E-state index is 0.0716. The highest BCUT2D eigenvalue weighted by atomic mass is 31.2. The summed E-state index contributed by atoms with van der Waals surface area (Å²) in [4.78, 5) is 14.6. The van der Waals surface area contributed by atoms with E-state index in [0.29, 0.717) is 17.5 Å². The van der Waals surface area contributed by atoms with Crippen molar-refractivity contribution in [1.82, 2.24) is 14.6 Å². The summed E-state index contributed by atoms with van der Waals surface area (Å²) in [6.07, 6.45) is 17.1. The van der Waals surface area contributed by atoms with Gasteiger partial charge in [0.05, 0.1) is 36.6 Å². The number of hydrogen-bond acceptors (Lipinski definition) is 12. The van der Waals surface area contributed by atoms with Crippen molar-refractivity contribution in [2.24, 2.45) is 0 Å². The Bertz CT molecular complexity index is 1800. The van der Waals surface area contributed by atoms with Crippen LogP contribution in [-0.4, -0.2) is 66.8 Å². The summed E-state index contributed by atoms with van der Waals surface area (Å²) < 4.78 is 50.8. The van der Waals surface area contributed by atoms with Crippen molar-refractivity contribution in [2.45, 2.75) is 159 Å². The molecule has 5 N–H and O–H groups in total. The second-order valence-corrected chi connectivity index (χ2v) is 16.5. The molecule has 0 amide bonds. The van der Waals surface area contributed by atoms with Gasteiger partial charge < -0.3 is 30.3 Å². The predicted octanol–water partition coefficient (Wildman–Crippen LogP) is 8.14. The van der Waals surface area contributed by atoms with Gasteiger partial charge in [0, 0.05) is 0 Å². The Morgan fingerprint density at radius 1 is 0.947 bits per heavy atom.